The van der Waals surface area contributed by atoms with Crippen LogP contribution in [0.15, 0.2) is 18.2 Å². The van der Waals surface area contributed by atoms with E-state index in [0.29, 0.717) is 28.1 Å². The van der Waals surface area contributed by atoms with Gasteiger partial charge < -0.3 is 9.47 Å². The van der Waals surface area contributed by atoms with Gasteiger partial charge >= 0.3 is 0 Å². The second-order valence-electron chi connectivity index (χ2n) is 6.48. The molecule has 1 amide bonds. The quantitative estimate of drug-likeness (QED) is 0.732. The van der Waals surface area contributed by atoms with Crippen molar-refractivity contribution in [2.75, 3.05) is 19.5 Å². The van der Waals surface area contributed by atoms with Crippen LogP contribution in [0.4, 0.5) is 5.13 Å². The molecule has 0 aliphatic carbocycles. The first-order valence-electron chi connectivity index (χ1n) is 8.77. The zero-order valence-corrected chi connectivity index (χ0v) is 17.1. The highest BCUT2D eigenvalue weighted by Crippen LogP contribution is 2.39. The van der Waals surface area contributed by atoms with Crippen molar-refractivity contribution in [2.45, 2.75) is 46.0 Å². The van der Waals surface area contributed by atoms with Crippen molar-refractivity contribution in [3.8, 4) is 11.5 Å². The molecule has 7 heteroatoms. The van der Waals surface area contributed by atoms with Crippen LogP contribution in [-0.4, -0.2) is 30.3 Å². The molecule has 0 bridgehead atoms. The molecule has 1 N–H and O–H groups in total. The van der Waals surface area contributed by atoms with Crippen LogP contribution in [0, 0.1) is 5.92 Å². The lowest BCUT2D eigenvalue weighted by Gasteiger charge is -2.31. The van der Waals surface area contributed by atoms with E-state index in [9.17, 15) is 4.79 Å². The first-order chi connectivity index (χ1) is 12.4. The van der Waals surface area contributed by atoms with Crippen molar-refractivity contribution in [1.29, 1.82) is 0 Å². The van der Waals surface area contributed by atoms with Gasteiger partial charge in [-0.2, -0.15) is 0 Å². The van der Waals surface area contributed by atoms with Gasteiger partial charge in [0.2, 0.25) is 5.13 Å². The maximum absolute atomic E-state index is 12.8. The van der Waals surface area contributed by atoms with Crippen molar-refractivity contribution in [1.82, 2.24) is 10.2 Å². The molecule has 0 saturated carbocycles. The first-order valence-corrected chi connectivity index (χ1v) is 9.59. The maximum atomic E-state index is 12.8. The van der Waals surface area contributed by atoms with Gasteiger partial charge in [0.15, 0.2) is 0 Å². The van der Waals surface area contributed by atoms with Crippen LogP contribution < -0.4 is 14.8 Å². The number of methoxy groups -OCH3 is 2. The molecule has 1 heterocycles. The lowest BCUT2D eigenvalue weighted by molar-refractivity contribution is 0.102. The Morgan fingerprint density at radius 3 is 2.35 bits per heavy atom. The van der Waals surface area contributed by atoms with Crippen LogP contribution in [0.3, 0.4) is 0 Å². The molecule has 26 heavy (non-hydrogen) atoms. The smallest absolute Gasteiger partial charge is 0.265 e. The highest BCUT2D eigenvalue weighted by atomic mass is 32.1. The van der Waals surface area contributed by atoms with Gasteiger partial charge in [-0.15, -0.1) is 10.2 Å². The van der Waals surface area contributed by atoms with E-state index in [2.05, 4.69) is 43.2 Å². The number of benzene rings is 1. The number of aromatic nitrogens is 2. The van der Waals surface area contributed by atoms with Crippen molar-refractivity contribution >= 4 is 22.4 Å². The van der Waals surface area contributed by atoms with Crippen LogP contribution in [0.25, 0.3) is 0 Å². The highest BCUT2D eigenvalue weighted by Gasteiger charge is 2.34. The Morgan fingerprint density at radius 1 is 1.23 bits per heavy atom. The molecule has 0 radical (unpaired) electrons. The molecule has 142 valence electrons. The predicted octanol–water partition coefficient (Wildman–Crippen LogP) is 4.52. The monoisotopic (exact) mass is 377 g/mol. The molecular formula is C19H27N3O3S. The molecule has 0 aliphatic heterocycles. The second-order valence-corrected chi connectivity index (χ2v) is 7.46. The normalized spacial score (nSPS) is 14.4. The van der Waals surface area contributed by atoms with Crippen molar-refractivity contribution < 1.29 is 14.3 Å². The zero-order chi connectivity index (χ0) is 19.3. The standard InChI is InChI=1S/C19H27N3O3S/c1-7-12(3)19(4,8-2)17-21-22-18(26-17)20-16(23)15-13(24-5)10-9-11-14(15)25-6/h9-12H,7-8H2,1-6H3,(H,20,22,23). The van der Waals surface area contributed by atoms with Gasteiger partial charge in [0, 0.05) is 5.41 Å². The first kappa shape index (κ1) is 20.2. The van der Waals surface area contributed by atoms with E-state index in [1.165, 1.54) is 25.6 Å². The largest absolute Gasteiger partial charge is 0.496 e. The number of amides is 1. The van der Waals surface area contributed by atoms with Gasteiger partial charge in [-0.25, -0.2) is 0 Å². The van der Waals surface area contributed by atoms with Gasteiger partial charge in [-0.1, -0.05) is 51.5 Å². The molecule has 6 nitrogen and oxygen atoms in total. The number of carbonyl (C=O) groups excluding carboxylic acids is 1. The van der Waals surface area contributed by atoms with E-state index in [1.807, 2.05) is 0 Å². The summed E-state index contributed by atoms with van der Waals surface area (Å²) in [6.45, 7) is 8.77. The van der Waals surface area contributed by atoms with E-state index < -0.39 is 0 Å². The number of carbonyl (C=O) groups is 1. The number of rotatable bonds is 8. The number of nitrogens with one attached hydrogen (secondary N) is 1. The number of hydrogen-bond acceptors (Lipinski definition) is 6. The fourth-order valence-electron chi connectivity index (χ4n) is 2.90. The fourth-order valence-corrected chi connectivity index (χ4v) is 3.97. The molecule has 1 aromatic heterocycles. The Kier molecular flexibility index (Phi) is 6.58. The Balaban J connectivity index is 2.29. The van der Waals surface area contributed by atoms with Crippen LogP contribution >= 0.6 is 11.3 Å². The Hall–Kier alpha value is -2.15. The van der Waals surface area contributed by atoms with Gasteiger partial charge in [-0.05, 0) is 24.5 Å². The Labute approximate surface area is 158 Å². The van der Waals surface area contributed by atoms with Gasteiger partial charge in [0.1, 0.15) is 22.1 Å². The summed E-state index contributed by atoms with van der Waals surface area (Å²) in [5, 5.41) is 12.8. The summed E-state index contributed by atoms with van der Waals surface area (Å²) in [6.07, 6.45) is 2.02. The summed E-state index contributed by atoms with van der Waals surface area (Å²) in [5.41, 5.74) is 0.284. The van der Waals surface area contributed by atoms with E-state index in [4.69, 9.17) is 9.47 Å². The molecule has 0 saturated heterocycles. The molecular weight excluding hydrogens is 350 g/mol. The molecule has 0 spiro atoms. The van der Waals surface area contributed by atoms with Gasteiger partial charge in [0.25, 0.3) is 5.91 Å². The lowest BCUT2D eigenvalue weighted by atomic mass is 9.75. The number of ether oxygens (including phenoxy) is 2. The van der Waals surface area contributed by atoms with Crippen molar-refractivity contribution in [3.05, 3.63) is 28.8 Å². The van der Waals surface area contributed by atoms with Gasteiger partial charge in [0.05, 0.1) is 14.2 Å². The predicted molar refractivity (Wildman–Crippen MR) is 105 cm³/mol. The molecule has 2 atom stereocenters. The van der Waals surface area contributed by atoms with Crippen molar-refractivity contribution in [3.63, 3.8) is 0 Å². The number of anilines is 1. The molecule has 2 rings (SSSR count). The minimum Gasteiger partial charge on any atom is -0.496 e. The van der Waals surface area contributed by atoms with Gasteiger partial charge in [-0.3, -0.25) is 10.1 Å². The summed E-state index contributed by atoms with van der Waals surface area (Å²) < 4.78 is 10.6. The topological polar surface area (TPSA) is 73.3 Å². The molecule has 2 unspecified atom stereocenters. The third kappa shape index (κ3) is 3.82. The number of hydrogen-bond donors (Lipinski definition) is 1. The third-order valence-electron chi connectivity index (χ3n) is 5.22. The highest BCUT2D eigenvalue weighted by molar-refractivity contribution is 7.15. The Bertz CT molecular complexity index is 740. The van der Waals surface area contributed by atoms with Crippen LogP contribution in [0.1, 0.15) is 55.9 Å². The molecule has 0 aliphatic rings. The summed E-state index contributed by atoms with van der Waals surface area (Å²) in [5.74, 6) is 1.04. The van der Waals surface area contributed by atoms with E-state index >= 15 is 0 Å². The molecule has 1 aromatic carbocycles. The van der Waals surface area contributed by atoms with Crippen LogP contribution in [0.2, 0.25) is 0 Å². The minimum atomic E-state index is -0.330. The minimum absolute atomic E-state index is 0.0580. The summed E-state index contributed by atoms with van der Waals surface area (Å²) in [4.78, 5) is 12.8. The van der Waals surface area contributed by atoms with Crippen LogP contribution in [-0.2, 0) is 5.41 Å². The SMILES string of the molecule is CCC(C)C(C)(CC)c1nnc(NC(=O)c2c(OC)cccc2OC)s1. The summed E-state index contributed by atoms with van der Waals surface area (Å²) >= 11 is 1.42. The average molecular weight is 378 g/mol. The zero-order valence-electron chi connectivity index (χ0n) is 16.3. The summed E-state index contributed by atoms with van der Waals surface area (Å²) in [6, 6.07) is 5.22. The average Bonchev–Trinajstić information content (AvgIpc) is 3.14. The lowest BCUT2D eigenvalue weighted by Crippen LogP contribution is -2.29. The second kappa shape index (κ2) is 8.49. The Morgan fingerprint density at radius 2 is 1.85 bits per heavy atom. The maximum Gasteiger partial charge on any atom is 0.265 e. The van der Waals surface area contributed by atoms with E-state index in [1.54, 1.807) is 18.2 Å². The van der Waals surface area contributed by atoms with Crippen molar-refractivity contribution in [2.24, 2.45) is 5.92 Å². The molecule has 2 aromatic rings. The summed E-state index contributed by atoms with van der Waals surface area (Å²) in [7, 11) is 3.04. The third-order valence-corrected chi connectivity index (χ3v) is 6.34. The molecule has 0 fully saturated rings. The van der Waals surface area contributed by atoms with E-state index in [-0.39, 0.29) is 11.3 Å². The number of nitrogens with zero attached hydrogens (tertiary/aromatic N) is 2. The fraction of sp³-hybridized carbons (Fsp3) is 0.526. The van der Waals surface area contributed by atoms with Crippen LogP contribution in [0.5, 0.6) is 11.5 Å². The van der Waals surface area contributed by atoms with E-state index in [0.717, 1.165) is 17.8 Å².